The highest BCUT2D eigenvalue weighted by Crippen LogP contribution is 2.37. The van der Waals surface area contributed by atoms with Crippen LogP contribution in [0.1, 0.15) is 24.0 Å². The van der Waals surface area contributed by atoms with E-state index in [-0.39, 0.29) is 0 Å². The molecule has 1 aliphatic heterocycles. The second-order valence-electron chi connectivity index (χ2n) is 6.29. The number of nitrogens with one attached hydrogen (secondary N) is 1. The van der Waals surface area contributed by atoms with Gasteiger partial charge in [0.05, 0.1) is 18.2 Å². The van der Waals surface area contributed by atoms with Crippen LogP contribution < -0.4 is 14.8 Å². The second kappa shape index (κ2) is 9.47. The van der Waals surface area contributed by atoms with Crippen LogP contribution in [-0.4, -0.2) is 26.4 Å². The highest BCUT2D eigenvalue weighted by atomic mass is 35.5. The monoisotopic (exact) mass is 395 g/mol. The molecular weight excluding hydrogens is 373 g/mol. The van der Waals surface area contributed by atoms with Crippen LogP contribution >= 0.6 is 23.2 Å². The topological polar surface area (TPSA) is 39.7 Å². The molecule has 0 radical (unpaired) electrons. The Morgan fingerprint density at radius 1 is 1.19 bits per heavy atom. The van der Waals surface area contributed by atoms with Crippen LogP contribution in [0.5, 0.6) is 11.5 Å². The molecule has 2 aromatic rings. The van der Waals surface area contributed by atoms with Crippen LogP contribution in [0.2, 0.25) is 10.0 Å². The smallest absolute Gasteiger partial charge is 0.180 e. The first kappa shape index (κ1) is 19.3. The Morgan fingerprint density at radius 3 is 2.81 bits per heavy atom. The van der Waals surface area contributed by atoms with Gasteiger partial charge in [-0.05, 0) is 48.2 Å². The molecule has 26 heavy (non-hydrogen) atoms. The molecular formula is C20H23Cl2NO3. The highest BCUT2D eigenvalue weighted by Gasteiger charge is 2.16. The molecule has 0 bridgehead atoms. The summed E-state index contributed by atoms with van der Waals surface area (Å²) in [6, 6.07) is 11.4. The molecule has 0 unspecified atom stereocenters. The molecule has 1 fully saturated rings. The van der Waals surface area contributed by atoms with Crippen molar-refractivity contribution >= 4 is 23.2 Å². The summed E-state index contributed by atoms with van der Waals surface area (Å²) in [5.41, 5.74) is 2.01. The minimum atomic E-state index is 0.313. The van der Waals surface area contributed by atoms with Gasteiger partial charge in [0.25, 0.3) is 0 Å². The summed E-state index contributed by atoms with van der Waals surface area (Å²) in [6.45, 7) is 2.77. The maximum Gasteiger partial charge on any atom is 0.180 e. The number of benzene rings is 2. The maximum atomic E-state index is 6.43. The van der Waals surface area contributed by atoms with Crippen molar-refractivity contribution in [2.24, 2.45) is 0 Å². The van der Waals surface area contributed by atoms with Gasteiger partial charge in [-0.25, -0.2) is 0 Å². The molecule has 1 N–H and O–H groups in total. The molecule has 140 valence electrons. The largest absolute Gasteiger partial charge is 0.493 e. The Hall–Kier alpha value is -1.46. The minimum absolute atomic E-state index is 0.313. The number of hydrogen-bond donors (Lipinski definition) is 1. The third-order valence-electron chi connectivity index (χ3n) is 4.29. The van der Waals surface area contributed by atoms with Gasteiger partial charge in [-0.2, -0.15) is 0 Å². The molecule has 1 atom stereocenters. The number of hydrogen-bond acceptors (Lipinski definition) is 4. The van der Waals surface area contributed by atoms with Gasteiger partial charge in [-0.3, -0.25) is 0 Å². The third-order valence-corrected chi connectivity index (χ3v) is 4.80. The number of ether oxygens (including phenoxy) is 3. The molecule has 1 aliphatic rings. The van der Waals surface area contributed by atoms with Crippen molar-refractivity contribution in [3.05, 3.63) is 57.6 Å². The summed E-state index contributed by atoms with van der Waals surface area (Å²) in [6.07, 6.45) is 2.57. The lowest BCUT2D eigenvalue weighted by atomic mass is 10.2. The number of rotatable bonds is 8. The van der Waals surface area contributed by atoms with E-state index in [0.717, 1.165) is 37.1 Å². The molecule has 3 rings (SSSR count). The Bertz CT molecular complexity index is 733. The van der Waals surface area contributed by atoms with Gasteiger partial charge in [0, 0.05) is 24.7 Å². The van der Waals surface area contributed by atoms with Gasteiger partial charge in [0.2, 0.25) is 0 Å². The first-order valence-electron chi connectivity index (χ1n) is 8.71. The fourth-order valence-corrected chi connectivity index (χ4v) is 3.48. The fraction of sp³-hybridized carbons (Fsp3) is 0.400. The molecule has 0 aliphatic carbocycles. The van der Waals surface area contributed by atoms with Crippen LogP contribution in [0.4, 0.5) is 0 Å². The zero-order valence-electron chi connectivity index (χ0n) is 14.8. The molecule has 0 spiro atoms. The quantitative estimate of drug-likeness (QED) is 0.693. The summed E-state index contributed by atoms with van der Waals surface area (Å²) in [5, 5.41) is 4.62. The maximum absolute atomic E-state index is 6.43. The zero-order valence-corrected chi connectivity index (χ0v) is 16.3. The second-order valence-corrected chi connectivity index (χ2v) is 7.14. The van der Waals surface area contributed by atoms with E-state index in [4.69, 9.17) is 37.4 Å². The molecule has 2 aromatic carbocycles. The van der Waals surface area contributed by atoms with Gasteiger partial charge in [-0.15, -0.1) is 0 Å². The lowest BCUT2D eigenvalue weighted by molar-refractivity contribution is 0.110. The standard InChI is InChI=1S/C20H23Cl2NO3/c1-24-19-10-15(11-23-12-17-6-3-7-25-17)9-18(22)20(19)26-13-14-4-2-5-16(21)8-14/h2,4-5,8-10,17,23H,3,6-7,11-13H2,1H3/t17-/m0/s1. The van der Waals surface area contributed by atoms with E-state index in [1.165, 1.54) is 0 Å². The van der Waals surface area contributed by atoms with E-state index in [1.54, 1.807) is 7.11 Å². The van der Waals surface area contributed by atoms with Crippen LogP contribution in [0.15, 0.2) is 36.4 Å². The van der Waals surface area contributed by atoms with Crippen molar-refractivity contribution in [3.63, 3.8) is 0 Å². The van der Waals surface area contributed by atoms with Crippen LogP contribution in [-0.2, 0) is 17.9 Å². The van der Waals surface area contributed by atoms with E-state index in [1.807, 2.05) is 36.4 Å². The lowest BCUT2D eigenvalue weighted by Crippen LogP contribution is -2.25. The minimum Gasteiger partial charge on any atom is -0.493 e. The Labute approximate surface area is 164 Å². The van der Waals surface area contributed by atoms with Crippen LogP contribution in [0.3, 0.4) is 0 Å². The molecule has 1 heterocycles. The van der Waals surface area contributed by atoms with Crippen LogP contribution in [0, 0.1) is 0 Å². The lowest BCUT2D eigenvalue weighted by Gasteiger charge is -2.15. The summed E-state index contributed by atoms with van der Waals surface area (Å²) >= 11 is 12.4. The van der Waals surface area contributed by atoms with E-state index in [2.05, 4.69) is 5.32 Å². The van der Waals surface area contributed by atoms with Crippen molar-refractivity contribution < 1.29 is 14.2 Å². The van der Waals surface area contributed by atoms with E-state index in [0.29, 0.717) is 40.8 Å². The van der Waals surface area contributed by atoms with Crippen molar-refractivity contribution in [1.29, 1.82) is 0 Å². The van der Waals surface area contributed by atoms with E-state index >= 15 is 0 Å². The van der Waals surface area contributed by atoms with Gasteiger partial charge in [0.15, 0.2) is 11.5 Å². The average molecular weight is 396 g/mol. The van der Waals surface area contributed by atoms with E-state index < -0.39 is 0 Å². The van der Waals surface area contributed by atoms with Gasteiger partial charge in [-0.1, -0.05) is 35.3 Å². The van der Waals surface area contributed by atoms with Crippen molar-refractivity contribution in [2.75, 3.05) is 20.3 Å². The van der Waals surface area contributed by atoms with E-state index in [9.17, 15) is 0 Å². The van der Waals surface area contributed by atoms with Gasteiger partial charge < -0.3 is 19.5 Å². The molecule has 6 heteroatoms. The summed E-state index contributed by atoms with van der Waals surface area (Å²) in [5.74, 6) is 1.16. The van der Waals surface area contributed by atoms with Crippen molar-refractivity contribution in [3.8, 4) is 11.5 Å². The number of methoxy groups -OCH3 is 1. The molecule has 0 aromatic heterocycles. The first-order chi connectivity index (χ1) is 12.7. The van der Waals surface area contributed by atoms with Crippen LogP contribution in [0.25, 0.3) is 0 Å². The Morgan fingerprint density at radius 2 is 2.08 bits per heavy atom. The summed E-state index contributed by atoms with van der Waals surface area (Å²) in [7, 11) is 1.61. The molecule has 0 amide bonds. The third kappa shape index (κ3) is 5.27. The first-order valence-corrected chi connectivity index (χ1v) is 9.47. The summed E-state index contributed by atoms with van der Waals surface area (Å²) < 4.78 is 17.0. The number of halogens is 2. The fourth-order valence-electron chi connectivity index (χ4n) is 2.98. The Kier molecular flexibility index (Phi) is 7.03. The predicted molar refractivity (Wildman–Crippen MR) is 104 cm³/mol. The zero-order chi connectivity index (χ0) is 18.4. The van der Waals surface area contributed by atoms with Crippen molar-refractivity contribution in [1.82, 2.24) is 5.32 Å². The predicted octanol–water partition coefficient (Wildman–Crippen LogP) is 4.85. The highest BCUT2D eigenvalue weighted by molar-refractivity contribution is 6.32. The van der Waals surface area contributed by atoms with Gasteiger partial charge >= 0.3 is 0 Å². The average Bonchev–Trinajstić information content (AvgIpc) is 3.14. The van der Waals surface area contributed by atoms with Gasteiger partial charge in [0.1, 0.15) is 6.61 Å². The summed E-state index contributed by atoms with van der Waals surface area (Å²) in [4.78, 5) is 0. The SMILES string of the molecule is COc1cc(CNC[C@@H]2CCCO2)cc(Cl)c1OCc1cccc(Cl)c1. The molecule has 1 saturated heterocycles. The molecule has 4 nitrogen and oxygen atoms in total. The Balaban J connectivity index is 1.62. The van der Waals surface area contributed by atoms with Crippen molar-refractivity contribution in [2.45, 2.75) is 32.1 Å². The molecule has 0 saturated carbocycles. The normalized spacial score (nSPS) is 16.7.